The second-order valence-corrected chi connectivity index (χ2v) is 4.73. The number of nitrogens with zero attached hydrogens (tertiary/aromatic N) is 4. The molecule has 0 amide bonds. The zero-order valence-corrected chi connectivity index (χ0v) is 11.5. The average Bonchev–Trinajstić information content (AvgIpc) is 2.94. The van der Waals surface area contributed by atoms with Gasteiger partial charge >= 0.3 is 0 Å². The van der Waals surface area contributed by atoms with Crippen molar-refractivity contribution in [2.24, 2.45) is 7.05 Å². The summed E-state index contributed by atoms with van der Waals surface area (Å²) in [5.74, 6) is 0.234. The summed E-state index contributed by atoms with van der Waals surface area (Å²) in [7, 11) is 1.94. The van der Waals surface area contributed by atoms with E-state index in [2.05, 4.69) is 16.0 Å². The lowest BCUT2D eigenvalue weighted by atomic mass is 10.0. The van der Waals surface area contributed by atoms with Crippen LogP contribution < -0.4 is 5.73 Å². The van der Waals surface area contributed by atoms with E-state index in [0.717, 1.165) is 22.4 Å². The first-order valence-corrected chi connectivity index (χ1v) is 6.42. The zero-order valence-electron chi connectivity index (χ0n) is 11.5. The van der Waals surface area contributed by atoms with E-state index in [-0.39, 0.29) is 5.82 Å². The predicted octanol–water partition coefficient (Wildman–Crippen LogP) is 2.60. The van der Waals surface area contributed by atoms with Gasteiger partial charge in [-0.3, -0.25) is 4.98 Å². The first-order chi connectivity index (χ1) is 10.2. The van der Waals surface area contributed by atoms with Crippen molar-refractivity contribution in [1.82, 2.24) is 14.5 Å². The molecule has 3 aromatic rings. The molecule has 0 saturated heterocycles. The standard InChI is InChI=1S/C16H13N5/c1-21-6-4-12(10-21)15-7-13(11-3-2-5-19-9-11)14(8-17)16(18)20-15/h2-7,9-10H,1H3,(H2,18,20). The molecule has 3 aromatic heterocycles. The molecule has 0 atom stereocenters. The van der Waals surface area contributed by atoms with Gasteiger partial charge in [0, 0.05) is 48.5 Å². The third-order valence-electron chi connectivity index (χ3n) is 3.26. The fourth-order valence-electron chi connectivity index (χ4n) is 2.23. The normalized spacial score (nSPS) is 10.3. The third kappa shape index (κ3) is 2.35. The highest BCUT2D eigenvalue weighted by atomic mass is 14.9. The van der Waals surface area contributed by atoms with Crippen molar-refractivity contribution in [1.29, 1.82) is 5.26 Å². The number of hydrogen-bond acceptors (Lipinski definition) is 4. The lowest BCUT2D eigenvalue weighted by Gasteiger charge is -2.09. The predicted molar refractivity (Wildman–Crippen MR) is 81.0 cm³/mol. The quantitative estimate of drug-likeness (QED) is 0.779. The van der Waals surface area contributed by atoms with E-state index in [0.29, 0.717) is 5.56 Å². The number of aryl methyl sites for hydroxylation is 1. The van der Waals surface area contributed by atoms with Crippen LogP contribution in [0.25, 0.3) is 22.4 Å². The summed E-state index contributed by atoms with van der Waals surface area (Å²) in [6, 6.07) is 9.69. The SMILES string of the molecule is Cn1ccc(-c2cc(-c3cccnc3)c(C#N)c(N)n2)c1. The van der Waals surface area contributed by atoms with E-state index < -0.39 is 0 Å². The second-order valence-electron chi connectivity index (χ2n) is 4.73. The molecule has 3 rings (SSSR count). The zero-order chi connectivity index (χ0) is 14.8. The minimum absolute atomic E-state index is 0.234. The van der Waals surface area contributed by atoms with Gasteiger partial charge in [-0.15, -0.1) is 0 Å². The lowest BCUT2D eigenvalue weighted by molar-refractivity contribution is 0.928. The van der Waals surface area contributed by atoms with E-state index in [4.69, 9.17) is 5.73 Å². The molecule has 0 aliphatic rings. The third-order valence-corrected chi connectivity index (χ3v) is 3.26. The summed E-state index contributed by atoms with van der Waals surface area (Å²) in [4.78, 5) is 8.43. The van der Waals surface area contributed by atoms with Crippen LogP contribution in [0.15, 0.2) is 49.1 Å². The summed E-state index contributed by atoms with van der Waals surface area (Å²) in [5.41, 5.74) is 9.62. The highest BCUT2D eigenvalue weighted by molar-refractivity contribution is 5.79. The van der Waals surface area contributed by atoms with Crippen molar-refractivity contribution in [3.05, 3.63) is 54.6 Å². The number of pyridine rings is 2. The Balaban J connectivity index is 2.23. The van der Waals surface area contributed by atoms with Crippen molar-refractivity contribution in [2.45, 2.75) is 0 Å². The number of hydrogen-bond donors (Lipinski definition) is 1. The molecule has 21 heavy (non-hydrogen) atoms. The van der Waals surface area contributed by atoms with E-state index in [1.54, 1.807) is 12.4 Å². The Morgan fingerprint density at radius 2 is 2.14 bits per heavy atom. The highest BCUT2D eigenvalue weighted by Crippen LogP contribution is 2.30. The molecule has 5 heteroatoms. The Hall–Kier alpha value is -3.13. The summed E-state index contributed by atoms with van der Waals surface area (Å²) >= 11 is 0. The summed E-state index contributed by atoms with van der Waals surface area (Å²) in [5, 5.41) is 9.33. The first-order valence-electron chi connectivity index (χ1n) is 6.42. The maximum absolute atomic E-state index is 9.33. The topological polar surface area (TPSA) is 80.5 Å². The van der Waals surface area contributed by atoms with Gasteiger partial charge in [0.25, 0.3) is 0 Å². The van der Waals surface area contributed by atoms with Gasteiger partial charge in [0.2, 0.25) is 0 Å². The van der Waals surface area contributed by atoms with Gasteiger partial charge in [-0.05, 0) is 18.2 Å². The minimum atomic E-state index is 0.234. The van der Waals surface area contributed by atoms with Crippen molar-refractivity contribution >= 4 is 5.82 Å². The smallest absolute Gasteiger partial charge is 0.142 e. The van der Waals surface area contributed by atoms with E-state index in [1.807, 2.05) is 48.3 Å². The Kier molecular flexibility index (Phi) is 3.13. The summed E-state index contributed by atoms with van der Waals surface area (Å²) < 4.78 is 1.94. The van der Waals surface area contributed by atoms with Gasteiger partial charge in [-0.1, -0.05) is 6.07 Å². The number of rotatable bonds is 2. The van der Waals surface area contributed by atoms with E-state index >= 15 is 0 Å². The van der Waals surface area contributed by atoms with Crippen LogP contribution in [0.2, 0.25) is 0 Å². The second kappa shape index (κ2) is 5.10. The maximum Gasteiger partial charge on any atom is 0.142 e. The van der Waals surface area contributed by atoms with Crippen molar-refractivity contribution in [3.63, 3.8) is 0 Å². The Labute approximate surface area is 122 Å². The molecule has 0 unspecified atom stereocenters. The van der Waals surface area contributed by atoms with Crippen molar-refractivity contribution < 1.29 is 0 Å². The Morgan fingerprint density at radius 3 is 2.76 bits per heavy atom. The first kappa shape index (κ1) is 12.9. The largest absolute Gasteiger partial charge is 0.383 e. The van der Waals surface area contributed by atoms with E-state index in [9.17, 15) is 5.26 Å². The number of aromatic nitrogens is 3. The van der Waals surface area contributed by atoms with Gasteiger partial charge < -0.3 is 10.3 Å². The molecule has 102 valence electrons. The van der Waals surface area contributed by atoms with Crippen LogP contribution in [-0.2, 0) is 7.05 Å². The molecule has 0 spiro atoms. The van der Waals surface area contributed by atoms with Crippen LogP contribution in [0.3, 0.4) is 0 Å². The van der Waals surface area contributed by atoms with Crippen LogP contribution in [0.4, 0.5) is 5.82 Å². The molecule has 0 aromatic carbocycles. The van der Waals surface area contributed by atoms with E-state index in [1.165, 1.54) is 0 Å². The van der Waals surface area contributed by atoms with Crippen LogP contribution in [0.1, 0.15) is 5.56 Å². The number of nitriles is 1. The molecule has 0 fully saturated rings. The lowest BCUT2D eigenvalue weighted by Crippen LogP contribution is -1.99. The summed E-state index contributed by atoms with van der Waals surface area (Å²) in [6.45, 7) is 0. The average molecular weight is 275 g/mol. The molecule has 0 aliphatic heterocycles. The van der Waals surface area contributed by atoms with Crippen LogP contribution in [0.5, 0.6) is 0 Å². The Bertz CT molecular complexity index is 828. The maximum atomic E-state index is 9.33. The van der Waals surface area contributed by atoms with Gasteiger partial charge in [0.15, 0.2) is 0 Å². The van der Waals surface area contributed by atoms with Crippen LogP contribution in [-0.4, -0.2) is 14.5 Å². The molecule has 2 N–H and O–H groups in total. The van der Waals surface area contributed by atoms with Gasteiger partial charge in [-0.25, -0.2) is 4.98 Å². The Morgan fingerprint density at radius 1 is 1.29 bits per heavy atom. The van der Waals surface area contributed by atoms with Gasteiger partial charge in [0.05, 0.1) is 5.69 Å². The van der Waals surface area contributed by atoms with Crippen LogP contribution >= 0.6 is 0 Å². The molecular weight excluding hydrogens is 262 g/mol. The molecule has 0 radical (unpaired) electrons. The highest BCUT2D eigenvalue weighted by Gasteiger charge is 2.13. The molecular formula is C16H13N5. The summed E-state index contributed by atoms with van der Waals surface area (Å²) in [6.07, 6.45) is 7.30. The van der Waals surface area contributed by atoms with Crippen molar-refractivity contribution in [2.75, 3.05) is 5.73 Å². The molecule has 5 nitrogen and oxygen atoms in total. The minimum Gasteiger partial charge on any atom is -0.383 e. The van der Waals surface area contributed by atoms with Crippen LogP contribution in [0, 0.1) is 11.3 Å². The number of anilines is 1. The van der Waals surface area contributed by atoms with Crippen molar-refractivity contribution in [3.8, 4) is 28.5 Å². The molecule has 0 saturated carbocycles. The molecule has 0 bridgehead atoms. The van der Waals surface area contributed by atoms with Gasteiger partial charge in [-0.2, -0.15) is 5.26 Å². The van der Waals surface area contributed by atoms with Gasteiger partial charge in [0.1, 0.15) is 17.5 Å². The fourth-order valence-corrected chi connectivity index (χ4v) is 2.23. The molecule has 0 aliphatic carbocycles. The number of nitrogens with two attached hydrogens (primary N) is 1. The number of nitrogen functional groups attached to an aromatic ring is 1. The molecule has 3 heterocycles. The monoisotopic (exact) mass is 275 g/mol. The fraction of sp³-hybridized carbons (Fsp3) is 0.0625.